The minimum Gasteiger partial charge on any atom is -0.347 e. The van der Waals surface area contributed by atoms with Crippen LogP contribution >= 0.6 is 0 Å². The van der Waals surface area contributed by atoms with Crippen LogP contribution in [0.5, 0.6) is 0 Å². The van der Waals surface area contributed by atoms with Crippen molar-refractivity contribution in [2.24, 2.45) is 0 Å². The van der Waals surface area contributed by atoms with Crippen molar-refractivity contribution < 1.29 is 9.47 Å². The van der Waals surface area contributed by atoms with Crippen LogP contribution in [0.1, 0.15) is 24.0 Å². The van der Waals surface area contributed by atoms with Crippen LogP contribution in [0.3, 0.4) is 0 Å². The van der Waals surface area contributed by atoms with Crippen molar-refractivity contribution in [3.63, 3.8) is 0 Å². The Labute approximate surface area is 102 Å². The zero-order chi connectivity index (χ0) is 11.5. The van der Waals surface area contributed by atoms with Gasteiger partial charge in [-0.3, -0.25) is 4.90 Å². The van der Waals surface area contributed by atoms with E-state index in [4.69, 9.17) is 9.47 Å². The van der Waals surface area contributed by atoms with Crippen LogP contribution < -0.4 is 0 Å². The Morgan fingerprint density at radius 3 is 2.18 bits per heavy atom. The minimum absolute atomic E-state index is 0.0690. The number of hydrogen-bond acceptors (Lipinski definition) is 3. The van der Waals surface area contributed by atoms with Gasteiger partial charge >= 0.3 is 0 Å². The first-order valence-electron chi connectivity index (χ1n) is 6.44. The molecule has 1 aromatic carbocycles. The van der Waals surface area contributed by atoms with Crippen molar-refractivity contribution in [3.8, 4) is 0 Å². The van der Waals surface area contributed by atoms with Crippen LogP contribution in [-0.4, -0.2) is 30.8 Å². The van der Waals surface area contributed by atoms with Gasteiger partial charge in [0.05, 0.1) is 13.2 Å². The van der Waals surface area contributed by atoms with E-state index < -0.39 is 0 Å². The van der Waals surface area contributed by atoms with Gasteiger partial charge < -0.3 is 9.47 Å². The molecule has 3 heteroatoms. The molecule has 2 heterocycles. The van der Waals surface area contributed by atoms with Crippen molar-refractivity contribution in [1.82, 2.24) is 4.90 Å². The van der Waals surface area contributed by atoms with Crippen LogP contribution in [0.2, 0.25) is 0 Å². The maximum absolute atomic E-state index is 5.83. The Morgan fingerprint density at radius 1 is 1.00 bits per heavy atom. The van der Waals surface area contributed by atoms with E-state index in [1.54, 1.807) is 0 Å². The number of likely N-dealkylation sites (tertiary alicyclic amines) is 1. The van der Waals surface area contributed by atoms with Gasteiger partial charge in [0, 0.05) is 6.54 Å². The van der Waals surface area contributed by atoms with Gasteiger partial charge in [-0.2, -0.15) is 0 Å². The first-order valence-corrected chi connectivity index (χ1v) is 6.44. The predicted molar refractivity (Wildman–Crippen MR) is 65.5 cm³/mol. The van der Waals surface area contributed by atoms with Gasteiger partial charge in [-0.1, -0.05) is 24.3 Å². The van der Waals surface area contributed by atoms with E-state index in [1.807, 2.05) is 0 Å². The van der Waals surface area contributed by atoms with E-state index in [0.717, 1.165) is 6.54 Å². The second kappa shape index (κ2) is 5.17. The zero-order valence-electron chi connectivity index (χ0n) is 10.1. The Balaban J connectivity index is 1.60. The fourth-order valence-electron chi connectivity index (χ4n) is 2.53. The molecular weight excluding hydrogens is 214 g/mol. The molecule has 1 saturated heterocycles. The monoisotopic (exact) mass is 233 g/mol. The predicted octanol–water partition coefficient (Wildman–Crippen LogP) is 2.16. The van der Waals surface area contributed by atoms with Crippen molar-refractivity contribution in [2.75, 3.05) is 19.6 Å². The molecule has 0 bridgehead atoms. The molecule has 0 unspecified atom stereocenters. The number of fused-ring (bicyclic) bond motifs is 1. The van der Waals surface area contributed by atoms with Gasteiger partial charge in [0.25, 0.3) is 0 Å². The third-order valence-corrected chi connectivity index (χ3v) is 3.57. The van der Waals surface area contributed by atoms with Crippen LogP contribution in [-0.2, 0) is 22.7 Å². The lowest BCUT2D eigenvalue weighted by atomic mass is 10.1. The van der Waals surface area contributed by atoms with E-state index in [0.29, 0.717) is 13.2 Å². The summed E-state index contributed by atoms with van der Waals surface area (Å²) in [4.78, 5) is 2.43. The summed E-state index contributed by atoms with van der Waals surface area (Å²) in [5.41, 5.74) is 2.52. The number of rotatable bonds is 2. The highest BCUT2D eigenvalue weighted by Gasteiger charge is 2.21. The lowest BCUT2D eigenvalue weighted by Crippen LogP contribution is -2.32. The second-order valence-electron chi connectivity index (χ2n) is 4.83. The summed E-state index contributed by atoms with van der Waals surface area (Å²) in [6, 6.07) is 8.36. The third-order valence-electron chi connectivity index (χ3n) is 3.57. The summed E-state index contributed by atoms with van der Waals surface area (Å²) >= 11 is 0. The average molecular weight is 233 g/mol. The van der Waals surface area contributed by atoms with Gasteiger partial charge in [0.1, 0.15) is 0 Å². The molecule has 92 valence electrons. The molecule has 2 aliphatic rings. The van der Waals surface area contributed by atoms with Crippen LogP contribution in [0.4, 0.5) is 0 Å². The van der Waals surface area contributed by atoms with Gasteiger partial charge in [0.15, 0.2) is 6.29 Å². The Bertz CT molecular complexity index is 347. The van der Waals surface area contributed by atoms with Gasteiger partial charge in [-0.25, -0.2) is 0 Å². The van der Waals surface area contributed by atoms with E-state index >= 15 is 0 Å². The SMILES string of the molecule is c1ccc2c(c1)COC(CN1CCCC1)OC2. The molecule has 0 aromatic heterocycles. The average Bonchev–Trinajstić information content (AvgIpc) is 2.78. The van der Waals surface area contributed by atoms with Crippen molar-refractivity contribution >= 4 is 0 Å². The molecule has 0 amide bonds. The number of nitrogens with zero attached hydrogens (tertiary/aromatic N) is 1. The molecule has 3 nitrogen and oxygen atoms in total. The first kappa shape index (κ1) is 11.2. The summed E-state index contributed by atoms with van der Waals surface area (Å²) in [5, 5.41) is 0. The summed E-state index contributed by atoms with van der Waals surface area (Å²) < 4.78 is 11.7. The molecule has 0 N–H and O–H groups in total. The molecule has 1 aromatic rings. The highest BCUT2D eigenvalue weighted by atomic mass is 16.7. The fraction of sp³-hybridized carbons (Fsp3) is 0.571. The summed E-state index contributed by atoms with van der Waals surface area (Å²) in [6.45, 7) is 4.64. The molecule has 2 aliphatic heterocycles. The summed E-state index contributed by atoms with van der Waals surface area (Å²) in [5.74, 6) is 0. The maximum Gasteiger partial charge on any atom is 0.171 e. The lowest BCUT2D eigenvalue weighted by Gasteiger charge is -2.21. The lowest BCUT2D eigenvalue weighted by molar-refractivity contribution is -0.157. The number of benzene rings is 1. The van der Waals surface area contributed by atoms with E-state index in [1.165, 1.54) is 37.1 Å². The van der Waals surface area contributed by atoms with Crippen molar-refractivity contribution in [3.05, 3.63) is 35.4 Å². The normalized spacial score (nSPS) is 22.4. The molecule has 0 aliphatic carbocycles. The third kappa shape index (κ3) is 2.68. The van der Waals surface area contributed by atoms with E-state index in [-0.39, 0.29) is 6.29 Å². The van der Waals surface area contributed by atoms with Gasteiger partial charge in [-0.05, 0) is 37.1 Å². The highest BCUT2D eigenvalue weighted by Crippen LogP contribution is 2.19. The maximum atomic E-state index is 5.83. The highest BCUT2D eigenvalue weighted by molar-refractivity contribution is 5.26. The molecule has 0 spiro atoms. The topological polar surface area (TPSA) is 21.7 Å². The van der Waals surface area contributed by atoms with Crippen LogP contribution in [0.25, 0.3) is 0 Å². The molecule has 17 heavy (non-hydrogen) atoms. The first-order chi connectivity index (χ1) is 8.42. The van der Waals surface area contributed by atoms with E-state index in [2.05, 4.69) is 29.2 Å². The Kier molecular flexibility index (Phi) is 3.41. The van der Waals surface area contributed by atoms with Crippen molar-refractivity contribution in [1.29, 1.82) is 0 Å². The van der Waals surface area contributed by atoms with Gasteiger partial charge in [0.2, 0.25) is 0 Å². The molecule has 3 rings (SSSR count). The smallest absolute Gasteiger partial charge is 0.171 e. The zero-order valence-corrected chi connectivity index (χ0v) is 10.1. The van der Waals surface area contributed by atoms with Gasteiger partial charge in [-0.15, -0.1) is 0 Å². The van der Waals surface area contributed by atoms with Crippen LogP contribution in [0.15, 0.2) is 24.3 Å². The molecule has 0 saturated carbocycles. The fourth-order valence-corrected chi connectivity index (χ4v) is 2.53. The Hall–Kier alpha value is -0.900. The standard InChI is InChI=1S/C14H19NO2/c1-2-6-13-11-17-14(16-10-12(13)5-1)9-15-7-3-4-8-15/h1-2,5-6,14H,3-4,7-11H2. The Morgan fingerprint density at radius 2 is 1.59 bits per heavy atom. The summed E-state index contributed by atoms with van der Waals surface area (Å²) in [6.07, 6.45) is 2.56. The molecule has 1 fully saturated rings. The van der Waals surface area contributed by atoms with Crippen LogP contribution in [0, 0.1) is 0 Å². The molecular formula is C14H19NO2. The quantitative estimate of drug-likeness (QED) is 0.781. The molecule has 0 radical (unpaired) electrons. The molecule has 0 atom stereocenters. The minimum atomic E-state index is -0.0690. The number of hydrogen-bond donors (Lipinski definition) is 0. The number of ether oxygens (including phenoxy) is 2. The second-order valence-corrected chi connectivity index (χ2v) is 4.83. The largest absolute Gasteiger partial charge is 0.347 e. The summed E-state index contributed by atoms with van der Waals surface area (Å²) in [7, 11) is 0. The van der Waals surface area contributed by atoms with E-state index in [9.17, 15) is 0 Å². The van der Waals surface area contributed by atoms with Crippen molar-refractivity contribution in [2.45, 2.75) is 32.3 Å².